The number of nitrogens with one attached hydrogen (secondary N) is 3. The number of nitrogens with zero attached hydrogens (tertiary/aromatic N) is 1. The van der Waals surface area contributed by atoms with E-state index in [0.29, 0.717) is 20.4 Å². The molecule has 0 aromatic carbocycles. The van der Waals surface area contributed by atoms with Crippen LogP contribution in [0.15, 0.2) is 41.6 Å². The Morgan fingerprint density at radius 1 is 1.16 bits per heavy atom. The van der Waals surface area contributed by atoms with E-state index >= 15 is 0 Å². The Morgan fingerprint density at radius 2 is 1.84 bits per heavy atom. The fourth-order valence-electron chi connectivity index (χ4n) is 1.95. The molecule has 0 aliphatic carbocycles. The van der Waals surface area contributed by atoms with Gasteiger partial charge in [0.1, 0.15) is 11.3 Å². The Balaban J connectivity index is 1.88. The van der Waals surface area contributed by atoms with E-state index in [2.05, 4.69) is 25.9 Å². The first-order chi connectivity index (χ1) is 11.8. The first kappa shape index (κ1) is 17.2. The summed E-state index contributed by atoms with van der Waals surface area (Å²) < 4.78 is 6.10. The third kappa shape index (κ3) is 3.88. The van der Waals surface area contributed by atoms with E-state index in [1.54, 1.807) is 13.0 Å². The van der Waals surface area contributed by atoms with Gasteiger partial charge in [-0.05, 0) is 46.8 Å². The second-order valence-electron chi connectivity index (χ2n) is 4.87. The number of barbiturate groups is 1. The van der Waals surface area contributed by atoms with Crippen LogP contribution in [-0.4, -0.2) is 27.8 Å². The number of H-pyrrole nitrogens is 1. The molecule has 2 aromatic rings. The van der Waals surface area contributed by atoms with Gasteiger partial charge in [-0.2, -0.15) is 0 Å². The van der Waals surface area contributed by atoms with Crippen LogP contribution >= 0.6 is 27.7 Å². The van der Waals surface area contributed by atoms with Gasteiger partial charge in [0.2, 0.25) is 0 Å². The minimum atomic E-state index is -0.876. The van der Waals surface area contributed by atoms with Crippen molar-refractivity contribution in [1.29, 1.82) is 0 Å². The average Bonchev–Trinajstić information content (AvgIpc) is 2.81. The fourth-order valence-corrected chi connectivity index (χ4v) is 3.31. The monoisotopic (exact) mass is 424 g/mol. The molecule has 1 fully saturated rings. The highest BCUT2D eigenvalue weighted by atomic mass is 79.9. The van der Waals surface area contributed by atoms with Crippen molar-refractivity contribution >= 4 is 51.6 Å². The van der Waals surface area contributed by atoms with Gasteiger partial charge in [0.15, 0.2) is 10.2 Å². The minimum absolute atomic E-state index is 0.207. The summed E-state index contributed by atoms with van der Waals surface area (Å²) >= 11 is 4.36. The molecule has 0 atom stereocenters. The molecule has 11 heteroatoms. The van der Waals surface area contributed by atoms with Crippen LogP contribution in [0.5, 0.6) is 0 Å². The van der Waals surface area contributed by atoms with E-state index in [1.165, 1.54) is 12.1 Å². The molecule has 1 aliphatic heterocycles. The third-order valence-electron chi connectivity index (χ3n) is 2.94. The molecule has 0 spiro atoms. The highest BCUT2D eigenvalue weighted by Crippen LogP contribution is 2.34. The summed E-state index contributed by atoms with van der Waals surface area (Å²) in [5.74, 6) is -1.43. The molecule has 0 saturated carbocycles. The average molecular weight is 425 g/mol. The zero-order valence-corrected chi connectivity index (χ0v) is 14.9. The number of carbonyl (C=O) groups excluding carboxylic acids is 3. The molecule has 1 saturated heterocycles. The van der Waals surface area contributed by atoms with Crippen molar-refractivity contribution in [1.82, 2.24) is 20.6 Å². The van der Waals surface area contributed by atoms with Crippen molar-refractivity contribution in [3.05, 3.63) is 44.0 Å². The zero-order valence-electron chi connectivity index (χ0n) is 12.5. The van der Waals surface area contributed by atoms with Gasteiger partial charge in [-0.1, -0.05) is 0 Å². The molecule has 4 amide bonds. The Kier molecular flexibility index (Phi) is 4.59. The second-order valence-corrected chi connectivity index (χ2v) is 6.69. The molecule has 25 heavy (non-hydrogen) atoms. The lowest BCUT2D eigenvalue weighted by Crippen LogP contribution is -2.51. The number of halogens is 1. The first-order valence-corrected chi connectivity index (χ1v) is 8.36. The molecule has 0 unspecified atom stereocenters. The number of rotatable bonds is 3. The summed E-state index contributed by atoms with van der Waals surface area (Å²) in [6, 6.07) is 2.03. The minimum Gasteiger partial charge on any atom is -0.449 e. The normalized spacial score (nSPS) is 14.3. The van der Waals surface area contributed by atoms with Gasteiger partial charge in [-0.25, -0.2) is 9.78 Å². The van der Waals surface area contributed by atoms with Crippen molar-refractivity contribution in [2.45, 2.75) is 17.2 Å². The molecule has 3 heterocycles. The number of aryl methyl sites for hydroxylation is 1. The van der Waals surface area contributed by atoms with Crippen LogP contribution in [0.3, 0.4) is 0 Å². The number of amides is 4. The number of urea groups is 1. The van der Waals surface area contributed by atoms with E-state index in [4.69, 9.17) is 4.42 Å². The van der Waals surface area contributed by atoms with Crippen LogP contribution in [0.1, 0.15) is 11.5 Å². The van der Waals surface area contributed by atoms with E-state index < -0.39 is 17.8 Å². The van der Waals surface area contributed by atoms with Crippen LogP contribution < -0.4 is 16.2 Å². The van der Waals surface area contributed by atoms with E-state index in [-0.39, 0.29) is 16.9 Å². The van der Waals surface area contributed by atoms with Crippen molar-refractivity contribution in [3.8, 4) is 0 Å². The lowest BCUT2D eigenvalue weighted by molar-refractivity contribution is -0.123. The smallest absolute Gasteiger partial charge is 0.328 e. The second kappa shape index (κ2) is 6.69. The molecular weight excluding hydrogens is 416 g/mol. The van der Waals surface area contributed by atoms with Gasteiger partial charge < -0.3 is 9.40 Å². The largest absolute Gasteiger partial charge is 0.449 e. The molecule has 1 aliphatic rings. The van der Waals surface area contributed by atoms with Crippen molar-refractivity contribution < 1.29 is 18.8 Å². The van der Waals surface area contributed by atoms with Gasteiger partial charge >= 0.3 is 6.03 Å². The topological polar surface area (TPSA) is 134 Å². The third-order valence-corrected chi connectivity index (χ3v) is 4.67. The first-order valence-electron chi connectivity index (χ1n) is 6.75. The number of aromatic amines is 1. The van der Waals surface area contributed by atoms with Crippen molar-refractivity contribution in [2.24, 2.45) is 0 Å². The summed E-state index contributed by atoms with van der Waals surface area (Å²) in [5, 5.41) is 4.63. The van der Waals surface area contributed by atoms with Gasteiger partial charge in [0, 0.05) is 11.8 Å². The molecule has 128 valence electrons. The molecule has 0 bridgehead atoms. The SMILES string of the molecule is Cc1cc(=O)[nH]c(Sc2oc(C=C3C(=O)NC(=O)NC3=O)cc2Br)n1. The van der Waals surface area contributed by atoms with Crippen LogP contribution in [0.25, 0.3) is 6.08 Å². The molecular formula is C14H9BrN4O5S. The Labute approximate surface area is 152 Å². The quantitative estimate of drug-likeness (QED) is 0.384. The number of carbonyl (C=O) groups is 3. The maximum Gasteiger partial charge on any atom is 0.328 e. The van der Waals surface area contributed by atoms with E-state index in [1.807, 2.05) is 10.6 Å². The van der Waals surface area contributed by atoms with Crippen LogP contribution in [0, 0.1) is 6.92 Å². The maximum absolute atomic E-state index is 11.7. The molecule has 3 rings (SSSR count). The van der Waals surface area contributed by atoms with Gasteiger partial charge in [-0.3, -0.25) is 25.0 Å². The molecule has 0 radical (unpaired) electrons. The number of hydrogen-bond donors (Lipinski definition) is 3. The predicted octanol–water partition coefficient (Wildman–Crippen LogP) is 1.33. The fraction of sp³-hybridized carbons (Fsp3) is 0.0714. The number of furan rings is 1. The predicted molar refractivity (Wildman–Crippen MR) is 89.8 cm³/mol. The number of hydrogen-bond acceptors (Lipinski definition) is 7. The lowest BCUT2D eigenvalue weighted by atomic mass is 10.1. The Hall–Kier alpha value is -2.66. The summed E-state index contributed by atoms with van der Waals surface area (Å²) in [4.78, 5) is 52.7. The van der Waals surface area contributed by atoms with Crippen LogP contribution in [0.4, 0.5) is 4.79 Å². The maximum atomic E-state index is 11.7. The van der Waals surface area contributed by atoms with Gasteiger partial charge in [0.25, 0.3) is 17.4 Å². The Morgan fingerprint density at radius 3 is 2.48 bits per heavy atom. The summed E-state index contributed by atoms with van der Waals surface area (Å²) in [5.41, 5.74) is -0.00351. The molecule has 9 nitrogen and oxygen atoms in total. The van der Waals surface area contributed by atoms with Crippen molar-refractivity contribution in [2.75, 3.05) is 0 Å². The number of aromatic nitrogens is 2. The molecule has 2 aromatic heterocycles. The number of imide groups is 2. The molecule has 3 N–H and O–H groups in total. The summed E-state index contributed by atoms with van der Waals surface area (Å²) in [6.45, 7) is 1.69. The van der Waals surface area contributed by atoms with E-state index in [0.717, 1.165) is 11.8 Å². The summed E-state index contributed by atoms with van der Waals surface area (Å²) in [7, 11) is 0. The van der Waals surface area contributed by atoms with Gasteiger partial charge in [0.05, 0.1) is 4.47 Å². The van der Waals surface area contributed by atoms with E-state index in [9.17, 15) is 19.2 Å². The highest BCUT2D eigenvalue weighted by Gasteiger charge is 2.28. The Bertz CT molecular complexity index is 971. The zero-order chi connectivity index (χ0) is 18.1. The lowest BCUT2D eigenvalue weighted by Gasteiger charge is -2.13. The highest BCUT2D eigenvalue weighted by molar-refractivity contribution is 9.10. The van der Waals surface area contributed by atoms with Crippen LogP contribution in [-0.2, 0) is 9.59 Å². The standard InChI is InChI=1S/C14H9BrN4O5S/c1-5-2-9(20)17-14(16-5)25-12-8(15)4-6(24-12)3-7-10(21)18-13(23)19-11(7)22/h2-4H,1H3,(H,16,17,20)(H2,18,19,21,22,23). The summed E-state index contributed by atoms with van der Waals surface area (Å²) in [6.07, 6.45) is 1.21. The van der Waals surface area contributed by atoms with Crippen molar-refractivity contribution in [3.63, 3.8) is 0 Å². The van der Waals surface area contributed by atoms with Gasteiger partial charge in [-0.15, -0.1) is 0 Å². The van der Waals surface area contributed by atoms with Crippen LogP contribution in [0.2, 0.25) is 0 Å².